The maximum atomic E-state index is 3.96. The molecule has 0 radical (unpaired) electrons. The van der Waals surface area contributed by atoms with Gasteiger partial charge in [0.2, 0.25) is 0 Å². The van der Waals surface area contributed by atoms with Crippen molar-refractivity contribution in [3.63, 3.8) is 0 Å². The fourth-order valence-electron chi connectivity index (χ4n) is 5.74. The lowest BCUT2D eigenvalue weighted by Gasteiger charge is -2.55. The Bertz CT molecular complexity index is 620. The first kappa shape index (κ1) is 16.9. The average Bonchev–Trinajstić information content (AvgIpc) is 2.62. The molecule has 4 saturated carbocycles. The first-order valence-electron chi connectivity index (χ1n) is 9.53. The number of para-hydroxylation sites is 2. The van der Waals surface area contributed by atoms with Crippen molar-refractivity contribution in [3.05, 3.63) is 60.7 Å². The van der Waals surface area contributed by atoms with Crippen molar-refractivity contribution in [1.29, 1.82) is 0 Å². The number of nitrogens with one attached hydrogen (secondary N) is 1. The summed E-state index contributed by atoms with van der Waals surface area (Å²) in [5.74, 6) is 3.78. The van der Waals surface area contributed by atoms with E-state index in [0.29, 0.717) is 6.04 Å². The highest BCUT2D eigenvalue weighted by Gasteiger charge is 2.48. The van der Waals surface area contributed by atoms with E-state index in [1.54, 1.807) is 0 Å². The van der Waals surface area contributed by atoms with E-state index in [1.807, 2.05) is 0 Å². The van der Waals surface area contributed by atoms with Crippen LogP contribution in [0.25, 0.3) is 0 Å². The van der Waals surface area contributed by atoms with Crippen LogP contribution in [0.15, 0.2) is 60.7 Å². The number of benzene rings is 2. The van der Waals surface area contributed by atoms with Gasteiger partial charge in [-0.3, -0.25) is 5.01 Å². The van der Waals surface area contributed by atoms with Gasteiger partial charge in [0.05, 0.1) is 11.4 Å². The molecule has 0 aromatic heterocycles. The number of hydrazine groups is 1. The summed E-state index contributed by atoms with van der Waals surface area (Å²) >= 11 is 0. The number of hydrogen-bond donors (Lipinski definition) is 1. The molecule has 0 spiro atoms. The van der Waals surface area contributed by atoms with Gasteiger partial charge in [0, 0.05) is 6.04 Å². The van der Waals surface area contributed by atoms with Crippen molar-refractivity contribution in [3.8, 4) is 0 Å². The van der Waals surface area contributed by atoms with Crippen LogP contribution in [0.1, 0.15) is 32.1 Å². The van der Waals surface area contributed by atoms with Gasteiger partial charge in [-0.25, -0.2) is 5.43 Å². The second-order valence-electron chi connectivity index (χ2n) is 8.09. The van der Waals surface area contributed by atoms with Crippen molar-refractivity contribution in [2.24, 2.45) is 23.7 Å². The zero-order valence-corrected chi connectivity index (χ0v) is 15.4. The Labute approximate surface area is 157 Å². The van der Waals surface area contributed by atoms with Crippen LogP contribution < -0.4 is 10.4 Å². The van der Waals surface area contributed by atoms with E-state index in [1.165, 1.54) is 43.5 Å². The highest BCUT2D eigenvalue weighted by molar-refractivity contribution is 5.85. The number of hydrogen-bond acceptors (Lipinski definition) is 2. The predicted octanol–water partition coefficient (Wildman–Crippen LogP) is 5.58. The Hall–Kier alpha value is -1.51. The summed E-state index contributed by atoms with van der Waals surface area (Å²) < 4.78 is 0. The quantitative estimate of drug-likeness (QED) is 0.721. The van der Waals surface area contributed by atoms with E-state index in [4.69, 9.17) is 0 Å². The molecule has 0 unspecified atom stereocenters. The number of anilines is 2. The summed E-state index contributed by atoms with van der Waals surface area (Å²) in [6.45, 7) is 0. The standard InChI is InChI=1S/C22H26N2.ClH/c1-3-7-20(8-4-1)24(21-9-5-2-6-10-21)23-22-18-12-16-11-17(14-18)15-19(22)13-16;/h1-10,16-19,22-23H,11-15H2;1H. The molecular weight excluding hydrogens is 328 g/mol. The number of halogens is 1. The van der Waals surface area contributed by atoms with Crippen LogP contribution in [0.3, 0.4) is 0 Å². The highest BCUT2D eigenvalue weighted by Crippen LogP contribution is 2.54. The monoisotopic (exact) mass is 354 g/mol. The number of rotatable bonds is 4. The van der Waals surface area contributed by atoms with Gasteiger partial charge in [-0.05, 0) is 80.0 Å². The van der Waals surface area contributed by atoms with Crippen LogP contribution in [0, 0.1) is 23.7 Å². The molecule has 25 heavy (non-hydrogen) atoms. The first-order chi connectivity index (χ1) is 11.9. The molecule has 4 aliphatic rings. The molecule has 4 aliphatic carbocycles. The van der Waals surface area contributed by atoms with E-state index in [-0.39, 0.29) is 12.4 Å². The summed E-state index contributed by atoms with van der Waals surface area (Å²) in [6.07, 6.45) is 7.30. The summed E-state index contributed by atoms with van der Waals surface area (Å²) in [5, 5.41) is 2.33. The summed E-state index contributed by atoms with van der Waals surface area (Å²) in [7, 11) is 0. The molecule has 4 fully saturated rings. The lowest BCUT2D eigenvalue weighted by atomic mass is 9.54. The molecule has 6 rings (SSSR count). The Morgan fingerprint density at radius 2 is 1.08 bits per heavy atom. The van der Waals surface area contributed by atoms with Crippen LogP contribution >= 0.6 is 12.4 Å². The Morgan fingerprint density at radius 3 is 1.52 bits per heavy atom. The maximum absolute atomic E-state index is 3.96. The van der Waals surface area contributed by atoms with Gasteiger partial charge in [0.1, 0.15) is 0 Å². The molecule has 0 heterocycles. The van der Waals surface area contributed by atoms with Crippen molar-refractivity contribution in [2.75, 3.05) is 5.01 Å². The Kier molecular flexibility index (Phi) is 4.75. The third-order valence-electron chi connectivity index (χ3n) is 6.53. The minimum Gasteiger partial charge on any atom is -0.277 e. The van der Waals surface area contributed by atoms with Gasteiger partial charge in [0.25, 0.3) is 0 Å². The second-order valence-corrected chi connectivity index (χ2v) is 8.09. The Balaban J connectivity index is 0.00000157. The zero-order chi connectivity index (χ0) is 15.9. The minimum absolute atomic E-state index is 0. The lowest BCUT2D eigenvalue weighted by molar-refractivity contribution is -0.0135. The number of nitrogens with zero attached hydrogens (tertiary/aromatic N) is 1. The predicted molar refractivity (Wildman–Crippen MR) is 106 cm³/mol. The van der Waals surface area contributed by atoms with Gasteiger partial charge in [-0.15, -0.1) is 12.4 Å². The van der Waals surface area contributed by atoms with Crippen LogP contribution in [0.2, 0.25) is 0 Å². The molecule has 4 bridgehead atoms. The SMILES string of the molecule is Cl.c1ccc(N(NC2C3CC4CC(C3)CC2C4)c2ccccc2)cc1. The molecule has 2 nitrogen and oxygen atoms in total. The van der Waals surface area contributed by atoms with Crippen LogP contribution in [0.4, 0.5) is 11.4 Å². The molecule has 0 aliphatic heterocycles. The largest absolute Gasteiger partial charge is 0.277 e. The van der Waals surface area contributed by atoms with Gasteiger partial charge in [-0.1, -0.05) is 36.4 Å². The van der Waals surface area contributed by atoms with Crippen molar-refractivity contribution < 1.29 is 0 Å². The van der Waals surface area contributed by atoms with E-state index >= 15 is 0 Å². The Morgan fingerprint density at radius 1 is 0.640 bits per heavy atom. The fourth-order valence-corrected chi connectivity index (χ4v) is 5.74. The third kappa shape index (κ3) is 3.18. The molecular formula is C22H27ClN2. The van der Waals surface area contributed by atoms with Crippen LogP contribution in [0.5, 0.6) is 0 Å². The zero-order valence-electron chi connectivity index (χ0n) is 14.6. The van der Waals surface area contributed by atoms with E-state index in [0.717, 1.165) is 23.7 Å². The molecule has 132 valence electrons. The fraction of sp³-hybridized carbons (Fsp3) is 0.455. The van der Waals surface area contributed by atoms with Gasteiger partial charge >= 0.3 is 0 Å². The van der Waals surface area contributed by atoms with Crippen LogP contribution in [-0.4, -0.2) is 6.04 Å². The third-order valence-corrected chi connectivity index (χ3v) is 6.53. The first-order valence-corrected chi connectivity index (χ1v) is 9.53. The molecule has 0 amide bonds. The lowest BCUT2D eigenvalue weighted by Crippen LogP contribution is -2.58. The molecule has 1 N–H and O–H groups in total. The smallest absolute Gasteiger partial charge is 0.0577 e. The normalized spacial score (nSPS) is 32.2. The van der Waals surface area contributed by atoms with Gasteiger partial charge < -0.3 is 0 Å². The van der Waals surface area contributed by atoms with E-state index < -0.39 is 0 Å². The van der Waals surface area contributed by atoms with Crippen molar-refractivity contribution in [2.45, 2.75) is 38.1 Å². The topological polar surface area (TPSA) is 15.3 Å². The summed E-state index contributed by atoms with van der Waals surface area (Å²) in [4.78, 5) is 0. The summed E-state index contributed by atoms with van der Waals surface area (Å²) in [5.41, 5.74) is 6.43. The van der Waals surface area contributed by atoms with E-state index in [2.05, 4.69) is 71.1 Å². The van der Waals surface area contributed by atoms with Crippen molar-refractivity contribution >= 4 is 23.8 Å². The van der Waals surface area contributed by atoms with Crippen molar-refractivity contribution in [1.82, 2.24) is 5.43 Å². The van der Waals surface area contributed by atoms with Gasteiger partial charge in [-0.2, -0.15) is 0 Å². The van der Waals surface area contributed by atoms with Gasteiger partial charge in [0.15, 0.2) is 0 Å². The van der Waals surface area contributed by atoms with Crippen LogP contribution in [-0.2, 0) is 0 Å². The molecule has 0 saturated heterocycles. The maximum Gasteiger partial charge on any atom is 0.0577 e. The molecule has 2 aromatic rings. The van der Waals surface area contributed by atoms with E-state index in [9.17, 15) is 0 Å². The second kappa shape index (κ2) is 7.01. The summed E-state index contributed by atoms with van der Waals surface area (Å²) in [6, 6.07) is 22.2. The highest BCUT2D eigenvalue weighted by atomic mass is 35.5. The molecule has 2 aromatic carbocycles. The average molecular weight is 355 g/mol. The molecule has 0 atom stereocenters. The minimum atomic E-state index is 0. The molecule has 3 heteroatoms.